The van der Waals surface area contributed by atoms with Gasteiger partial charge in [-0.15, -0.1) is 24.7 Å². The van der Waals surface area contributed by atoms with Gasteiger partial charge in [-0.1, -0.05) is 25.7 Å². The molecule has 5 nitrogen and oxygen atoms in total. The Morgan fingerprint density at radius 1 is 0.684 bits per heavy atom. The lowest BCUT2D eigenvalue weighted by molar-refractivity contribution is -0.617. The van der Waals surface area contributed by atoms with Crippen molar-refractivity contribution in [2.45, 2.75) is 77.0 Å². The molecule has 0 radical (unpaired) electrons. The van der Waals surface area contributed by atoms with Gasteiger partial charge in [0.2, 0.25) is 22.8 Å². The van der Waals surface area contributed by atoms with Crippen LogP contribution in [0.2, 0.25) is 0 Å². The predicted octanol–water partition coefficient (Wildman–Crippen LogP) is 3.65. The van der Waals surface area contributed by atoms with Crippen LogP contribution in [0.1, 0.15) is 77.0 Å². The molecule has 0 saturated heterocycles. The monoisotopic (exact) mass is 575 g/mol. The van der Waals surface area contributed by atoms with Crippen molar-refractivity contribution in [1.82, 2.24) is 0 Å². The number of carbonyl (C=O) groups excluding carboxylic acids is 2. The maximum absolute atomic E-state index is 12.4. The van der Waals surface area contributed by atoms with E-state index >= 15 is 0 Å². The summed E-state index contributed by atoms with van der Waals surface area (Å²) in [4.78, 5) is 24.8. The first kappa shape index (κ1) is 30.9. The van der Waals surface area contributed by atoms with Crippen LogP contribution in [0.5, 0.6) is 0 Å². The summed E-state index contributed by atoms with van der Waals surface area (Å²) in [6.07, 6.45) is 21.1. The average Bonchev–Trinajstić information content (AvgIpc) is 2.89. The Bertz CT molecular complexity index is 1220. The average molecular weight is 577 g/mol. The molecule has 0 aliphatic carbocycles. The normalized spacial score (nSPS) is 10.4. The highest BCUT2D eigenvalue weighted by Gasteiger charge is 2.14. The number of nitrogens with one attached hydrogen (secondary N) is 2. The van der Waals surface area contributed by atoms with Gasteiger partial charge in [-0.05, 0) is 56.0 Å². The number of hydrogen-bond acceptors (Lipinski definition) is 2. The first-order valence-electron chi connectivity index (χ1n) is 13.3. The number of aromatic nitrogens is 1. The van der Waals surface area contributed by atoms with Gasteiger partial charge in [0.05, 0.1) is 0 Å². The van der Waals surface area contributed by atoms with E-state index in [0.717, 1.165) is 97.4 Å². The summed E-state index contributed by atoms with van der Waals surface area (Å²) in [5.74, 6) is 5.36. The number of amides is 2. The molecule has 0 spiro atoms. The van der Waals surface area contributed by atoms with E-state index in [1.54, 1.807) is 0 Å². The van der Waals surface area contributed by atoms with Crippen LogP contribution in [0.15, 0.2) is 42.5 Å². The maximum atomic E-state index is 12.4. The van der Waals surface area contributed by atoms with E-state index < -0.39 is 0 Å². The molecular formula is C32H38BrN3O2. The molecule has 200 valence electrons. The predicted molar refractivity (Wildman–Crippen MR) is 153 cm³/mol. The lowest BCUT2D eigenvalue weighted by Gasteiger charge is -2.09. The van der Waals surface area contributed by atoms with Crippen LogP contribution in [-0.4, -0.2) is 11.8 Å². The van der Waals surface area contributed by atoms with Gasteiger partial charge in [0.1, 0.15) is 7.05 Å². The highest BCUT2D eigenvalue weighted by Crippen LogP contribution is 2.24. The molecule has 0 aliphatic heterocycles. The fourth-order valence-corrected chi connectivity index (χ4v) is 4.54. The second-order valence-corrected chi connectivity index (χ2v) is 9.58. The number of rotatable bonds is 14. The second kappa shape index (κ2) is 16.5. The molecule has 1 heterocycles. The second-order valence-electron chi connectivity index (χ2n) is 9.58. The summed E-state index contributed by atoms with van der Waals surface area (Å²) in [6, 6.07) is 14.1. The fourth-order valence-electron chi connectivity index (χ4n) is 4.54. The fraction of sp³-hybridized carbons (Fsp3) is 0.406. The van der Waals surface area contributed by atoms with Crippen LogP contribution in [0.25, 0.3) is 21.8 Å². The summed E-state index contributed by atoms with van der Waals surface area (Å²) in [5.41, 5.74) is 3.59. The van der Waals surface area contributed by atoms with E-state index in [2.05, 4.69) is 33.1 Å². The summed E-state index contributed by atoms with van der Waals surface area (Å²) >= 11 is 0. The molecule has 0 atom stereocenters. The van der Waals surface area contributed by atoms with Crippen LogP contribution in [0.3, 0.4) is 0 Å². The largest absolute Gasteiger partial charge is 1.00 e. The van der Waals surface area contributed by atoms with Crippen molar-refractivity contribution in [3.63, 3.8) is 0 Å². The SMILES string of the molecule is C#CCCCCCCC(=O)Nc1ccc2cc3ccc(NC(=O)CCCCCCC#C)cc3[n+](C)c2c1.[Br-]. The lowest BCUT2D eigenvalue weighted by Crippen LogP contribution is -3.00. The Morgan fingerprint density at radius 2 is 1.11 bits per heavy atom. The molecule has 2 aromatic carbocycles. The standard InChI is InChI=1S/C32H37N3O2.BrH/c1-4-6-8-10-12-14-16-31(36)33-27-20-18-25-22-26-19-21-28(24-30(26)35(3)29(25)23-27)34-32(37)17-15-13-11-9-7-5-2;/h1-2,18-24H,6-17H2,3H3,(H,33,34,36,37);1H. The lowest BCUT2D eigenvalue weighted by atomic mass is 10.1. The van der Waals surface area contributed by atoms with Gasteiger partial charge in [0.15, 0.2) is 0 Å². The van der Waals surface area contributed by atoms with Gasteiger partial charge in [0, 0.05) is 60.0 Å². The number of aryl methyl sites for hydroxylation is 1. The van der Waals surface area contributed by atoms with E-state index in [-0.39, 0.29) is 28.8 Å². The van der Waals surface area contributed by atoms with Gasteiger partial charge in [-0.25, -0.2) is 0 Å². The number of carbonyl (C=O) groups is 2. The van der Waals surface area contributed by atoms with Crippen molar-refractivity contribution in [2.24, 2.45) is 7.05 Å². The van der Waals surface area contributed by atoms with Gasteiger partial charge < -0.3 is 27.6 Å². The number of benzene rings is 2. The van der Waals surface area contributed by atoms with Crippen LogP contribution < -0.4 is 32.2 Å². The molecule has 3 rings (SSSR count). The third kappa shape index (κ3) is 9.51. The Balaban J connectivity index is 0.00000507. The minimum absolute atomic E-state index is 0. The summed E-state index contributed by atoms with van der Waals surface area (Å²) < 4.78 is 2.10. The third-order valence-electron chi connectivity index (χ3n) is 6.61. The van der Waals surface area contributed by atoms with E-state index in [0.29, 0.717) is 12.8 Å². The van der Waals surface area contributed by atoms with Crippen molar-refractivity contribution >= 4 is 45.0 Å². The minimum atomic E-state index is 0. The maximum Gasteiger partial charge on any atom is 0.224 e. The van der Waals surface area contributed by atoms with Crippen LogP contribution in [0.4, 0.5) is 11.4 Å². The molecule has 2 N–H and O–H groups in total. The highest BCUT2D eigenvalue weighted by atomic mass is 79.9. The molecule has 6 heteroatoms. The molecule has 0 aliphatic rings. The number of terminal acetylenes is 2. The molecule has 3 aromatic rings. The highest BCUT2D eigenvalue weighted by molar-refractivity contribution is 5.97. The zero-order valence-electron chi connectivity index (χ0n) is 22.3. The molecule has 0 unspecified atom stereocenters. The number of pyridine rings is 1. The van der Waals surface area contributed by atoms with Crippen molar-refractivity contribution < 1.29 is 31.1 Å². The first-order valence-corrected chi connectivity index (χ1v) is 13.3. The molecule has 38 heavy (non-hydrogen) atoms. The quantitative estimate of drug-likeness (QED) is 0.133. The number of anilines is 2. The van der Waals surface area contributed by atoms with Gasteiger partial charge in [-0.3, -0.25) is 9.59 Å². The third-order valence-corrected chi connectivity index (χ3v) is 6.61. The number of nitrogens with zero attached hydrogens (tertiary/aromatic N) is 1. The molecule has 0 fully saturated rings. The Kier molecular flexibility index (Phi) is 13.4. The van der Waals surface area contributed by atoms with Crippen molar-refractivity contribution in [3.05, 3.63) is 42.5 Å². The smallest absolute Gasteiger partial charge is 0.224 e. The Morgan fingerprint density at radius 3 is 1.53 bits per heavy atom. The van der Waals surface area contributed by atoms with E-state index in [1.807, 2.05) is 43.4 Å². The number of fused-ring (bicyclic) bond motifs is 2. The number of unbranched alkanes of at least 4 members (excludes halogenated alkanes) is 8. The van der Waals surface area contributed by atoms with E-state index in [9.17, 15) is 9.59 Å². The van der Waals surface area contributed by atoms with Crippen LogP contribution >= 0.6 is 0 Å². The molecule has 0 saturated carbocycles. The van der Waals surface area contributed by atoms with Gasteiger partial charge in [-0.2, -0.15) is 4.57 Å². The zero-order valence-corrected chi connectivity index (χ0v) is 23.9. The number of halogens is 1. The van der Waals surface area contributed by atoms with Crippen molar-refractivity contribution in [1.29, 1.82) is 0 Å². The van der Waals surface area contributed by atoms with E-state index in [1.165, 1.54) is 0 Å². The minimum Gasteiger partial charge on any atom is -1.00 e. The van der Waals surface area contributed by atoms with Crippen molar-refractivity contribution in [3.8, 4) is 24.7 Å². The van der Waals surface area contributed by atoms with E-state index in [4.69, 9.17) is 12.8 Å². The Hall–Kier alpha value is -3.35. The van der Waals surface area contributed by atoms with Crippen LogP contribution in [0, 0.1) is 24.7 Å². The molecule has 2 amide bonds. The molecule has 1 aromatic heterocycles. The molecule has 0 bridgehead atoms. The zero-order chi connectivity index (χ0) is 26.5. The summed E-state index contributed by atoms with van der Waals surface area (Å²) in [7, 11) is 2.01. The topological polar surface area (TPSA) is 62.1 Å². The summed E-state index contributed by atoms with van der Waals surface area (Å²) in [6.45, 7) is 0. The van der Waals surface area contributed by atoms with Gasteiger partial charge in [0.25, 0.3) is 0 Å². The molecular weight excluding hydrogens is 538 g/mol. The Labute approximate surface area is 237 Å². The van der Waals surface area contributed by atoms with Crippen LogP contribution in [-0.2, 0) is 16.6 Å². The van der Waals surface area contributed by atoms with Crippen molar-refractivity contribution in [2.75, 3.05) is 10.6 Å². The first-order chi connectivity index (χ1) is 18.0. The summed E-state index contributed by atoms with van der Waals surface area (Å²) in [5, 5.41) is 8.24. The van der Waals surface area contributed by atoms with Gasteiger partial charge >= 0.3 is 0 Å². The number of hydrogen-bond donors (Lipinski definition) is 2.